The molecule has 0 unspecified atom stereocenters. The van der Waals surface area contributed by atoms with Gasteiger partial charge in [0.25, 0.3) is 0 Å². The van der Waals surface area contributed by atoms with Crippen molar-refractivity contribution in [2.45, 2.75) is 42.9 Å². The Balaban J connectivity index is 1.47. The fraction of sp³-hybridized carbons (Fsp3) is 0.304. The van der Waals surface area contributed by atoms with Gasteiger partial charge in [-0.1, -0.05) is 0 Å². The van der Waals surface area contributed by atoms with Crippen LogP contribution in [0.4, 0.5) is 17.6 Å². The highest BCUT2D eigenvalue weighted by atomic mass is 32.2. The highest BCUT2D eigenvalue weighted by Crippen LogP contribution is 2.29. The second kappa shape index (κ2) is 9.90. The molecule has 1 amide bonds. The zero-order valence-corrected chi connectivity index (χ0v) is 19.7. The first-order valence-electron chi connectivity index (χ1n) is 10.8. The molecule has 1 N–H and O–H groups in total. The fourth-order valence-electron chi connectivity index (χ4n) is 3.76. The van der Waals surface area contributed by atoms with E-state index in [9.17, 15) is 30.8 Å². The van der Waals surface area contributed by atoms with E-state index in [4.69, 9.17) is 0 Å². The number of nitrogens with zero attached hydrogens (tertiary/aromatic N) is 4. The van der Waals surface area contributed by atoms with E-state index >= 15 is 0 Å². The van der Waals surface area contributed by atoms with Crippen LogP contribution < -0.4 is 5.32 Å². The van der Waals surface area contributed by atoms with Gasteiger partial charge in [0.1, 0.15) is 18.0 Å². The largest absolute Gasteiger partial charge is 0.351 e. The molecule has 3 heterocycles. The van der Waals surface area contributed by atoms with Gasteiger partial charge in [-0.3, -0.25) is 9.78 Å². The van der Waals surface area contributed by atoms with Gasteiger partial charge in [-0.15, -0.1) is 0 Å². The van der Waals surface area contributed by atoms with E-state index in [-0.39, 0.29) is 24.4 Å². The normalized spacial score (nSPS) is 18.8. The molecule has 4 rings (SSSR count). The Morgan fingerprint density at radius 2 is 1.81 bits per heavy atom. The third-order valence-corrected chi connectivity index (χ3v) is 7.49. The van der Waals surface area contributed by atoms with Crippen molar-refractivity contribution in [3.05, 3.63) is 72.2 Å². The van der Waals surface area contributed by atoms with Crippen molar-refractivity contribution in [2.24, 2.45) is 0 Å². The van der Waals surface area contributed by atoms with Crippen molar-refractivity contribution in [2.75, 3.05) is 6.54 Å². The van der Waals surface area contributed by atoms with Crippen molar-refractivity contribution in [1.82, 2.24) is 24.6 Å². The molecule has 0 aliphatic carbocycles. The number of pyridine rings is 1. The van der Waals surface area contributed by atoms with Gasteiger partial charge >= 0.3 is 5.92 Å². The van der Waals surface area contributed by atoms with Gasteiger partial charge in [-0.2, -0.15) is 13.1 Å². The maximum Gasteiger partial charge on any atom is 0.303 e. The van der Waals surface area contributed by atoms with E-state index in [1.165, 1.54) is 18.6 Å². The molecule has 1 aliphatic heterocycles. The van der Waals surface area contributed by atoms with Gasteiger partial charge in [0.05, 0.1) is 10.6 Å². The molecule has 1 saturated heterocycles. The van der Waals surface area contributed by atoms with E-state index in [0.717, 1.165) is 28.6 Å². The van der Waals surface area contributed by atoms with Crippen LogP contribution in [0.1, 0.15) is 24.7 Å². The van der Waals surface area contributed by atoms with Crippen molar-refractivity contribution in [1.29, 1.82) is 0 Å². The van der Waals surface area contributed by atoms with Crippen LogP contribution in [0.15, 0.2) is 59.9 Å². The summed E-state index contributed by atoms with van der Waals surface area (Å²) in [5, 5.41) is 2.54. The molecule has 1 fully saturated rings. The maximum absolute atomic E-state index is 14.6. The van der Waals surface area contributed by atoms with Crippen LogP contribution in [-0.2, 0) is 27.3 Å². The van der Waals surface area contributed by atoms with E-state index in [1.807, 2.05) is 0 Å². The summed E-state index contributed by atoms with van der Waals surface area (Å²) in [4.78, 5) is 24.0. The van der Waals surface area contributed by atoms with Gasteiger partial charge in [-0.25, -0.2) is 27.2 Å². The number of rotatable bonds is 7. The summed E-state index contributed by atoms with van der Waals surface area (Å²) < 4.78 is 81.2. The van der Waals surface area contributed by atoms with Crippen molar-refractivity contribution in [3.8, 4) is 11.3 Å². The lowest BCUT2D eigenvalue weighted by molar-refractivity contribution is -0.125. The minimum atomic E-state index is -4.23. The van der Waals surface area contributed by atoms with Crippen LogP contribution in [0.3, 0.4) is 0 Å². The number of aromatic nitrogens is 3. The first-order valence-corrected chi connectivity index (χ1v) is 12.3. The molecule has 8 nitrogen and oxygen atoms in total. The number of amides is 1. The quantitative estimate of drug-likeness (QED) is 0.477. The molecule has 13 heteroatoms. The predicted octanol–water partition coefficient (Wildman–Crippen LogP) is 3.21. The van der Waals surface area contributed by atoms with Gasteiger partial charge < -0.3 is 5.32 Å². The molecule has 0 bridgehead atoms. The standard InChI is InChI=1S/C23H21F4N5O3S/c1-23(26,27)22-30-12-15(13-31-22)19-10-14(6-8-28-19)11-29-21(33)20-18(25)7-9-32(20)36(34,35)17-4-2-16(24)3-5-17/h2-6,8,10,12-13,18,20H,7,9,11H2,1H3,(H,29,33)/t18-,20-/m0/s1. The summed E-state index contributed by atoms with van der Waals surface area (Å²) in [6.07, 6.45) is 1.95. The van der Waals surface area contributed by atoms with E-state index in [0.29, 0.717) is 23.7 Å². The summed E-state index contributed by atoms with van der Waals surface area (Å²) in [6.45, 7) is 0.404. The summed E-state index contributed by atoms with van der Waals surface area (Å²) in [6, 6.07) is 5.61. The van der Waals surface area contributed by atoms with E-state index in [2.05, 4.69) is 20.3 Å². The Hall–Kier alpha value is -3.45. The molecule has 0 spiro atoms. The molecule has 2 atom stereocenters. The summed E-state index contributed by atoms with van der Waals surface area (Å²) >= 11 is 0. The Bertz CT molecular complexity index is 1350. The number of halogens is 4. The number of benzene rings is 1. The SMILES string of the molecule is CC(F)(F)c1ncc(-c2cc(CNC(=O)[C@@H]3[C@@H](F)CCN3S(=O)(=O)c3ccc(F)cc3)ccn2)cn1. The minimum Gasteiger partial charge on any atom is -0.351 e. The third-order valence-electron chi connectivity index (χ3n) is 5.60. The molecular weight excluding hydrogens is 502 g/mol. The highest BCUT2D eigenvalue weighted by Gasteiger charge is 2.46. The highest BCUT2D eigenvalue weighted by molar-refractivity contribution is 7.89. The molecule has 1 aromatic carbocycles. The maximum atomic E-state index is 14.6. The number of alkyl halides is 3. The van der Waals surface area contributed by atoms with Gasteiger partial charge in [0, 0.05) is 44.2 Å². The van der Waals surface area contributed by atoms with Crippen molar-refractivity contribution >= 4 is 15.9 Å². The zero-order chi connectivity index (χ0) is 26.1. The van der Waals surface area contributed by atoms with Crippen molar-refractivity contribution in [3.63, 3.8) is 0 Å². The molecule has 0 saturated carbocycles. The smallest absolute Gasteiger partial charge is 0.303 e. The Kier molecular flexibility index (Phi) is 7.05. The summed E-state index contributed by atoms with van der Waals surface area (Å²) in [5.41, 5.74) is 1.27. The first kappa shape index (κ1) is 25.6. The van der Waals surface area contributed by atoms with Crippen LogP contribution in [0.5, 0.6) is 0 Å². The molecule has 1 aliphatic rings. The molecule has 36 heavy (non-hydrogen) atoms. The van der Waals surface area contributed by atoms with Gasteiger partial charge in [0.15, 0.2) is 5.82 Å². The van der Waals surface area contributed by atoms with Crippen LogP contribution in [0.25, 0.3) is 11.3 Å². The Morgan fingerprint density at radius 3 is 2.44 bits per heavy atom. The van der Waals surface area contributed by atoms with Gasteiger partial charge in [-0.05, 0) is 48.4 Å². The lowest BCUT2D eigenvalue weighted by Crippen LogP contribution is -2.49. The van der Waals surface area contributed by atoms with E-state index in [1.54, 1.807) is 12.1 Å². The first-order chi connectivity index (χ1) is 17.0. The Morgan fingerprint density at radius 1 is 1.14 bits per heavy atom. The molecule has 3 aromatic rings. The van der Waals surface area contributed by atoms with Crippen molar-refractivity contribution < 1.29 is 30.8 Å². The third kappa shape index (κ3) is 5.36. The second-order valence-electron chi connectivity index (χ2n) is 8.27. The van der Waals surface area contributed by atoms with Gasteiger partial charge in [0.2, 0.25) is 15.9 Å². The number of nitrogens with one attached hydrogen (secondary N) is 1. The lowest BCUT2D eigenvalue weighted by Gasteiger charge is -2.24. The summed E-state index contributed by atoms with van der Waals surface area (Å²) in [5.74, 6) is -5.28. The monoisotopic (exact) mass is 523 g/mol. The van der Waals surface area contributed by atoms with E-state index < -0.39 is 45.7 Å². The number of hydrogen-bond acceptors (Lipinski definition) is 6. The molecular formula is C23H21F4N5O3S. The number of sulfonamides is 1. The molecule has 0 radical (unpaired) electrons. The van der Waals surface area contributed by atoms with Crippen LogP contribution in [0, 0.1) is 5.82 Å². The predicted molar refractivity (Wildman–Crippen MR) is 120 cm³/mol. The lowest BCUT2D eigenvalue weighted by atomic mass is 10.1. The minimum absolute atomic E-state index is 0.0754. The number of carbonyl (C=O) groups excluding carboxylic acids is 1. The van der Waals surface area contributed by atoms with Crippen LogP contribution >= 0.6 is 0 Å². The average Bonchev–Trinajstić information content (AvgIpc) is 3.25. The number of hydrogen-bond donors (Lipinski definition) is 1. The second-order valence-corrected chi connectivity index (χ2v) is 10.2. The fourth-order valence-corrected chi connectivity index (χ4v) is 5.38. The van der Waals surface area contributed by atoms with Crippen LogP contribution in [0.2, 0.25) is 0 Å². The average molecular weight is 524 g/mol. The van der Waals surface area contributed by atoms with Crippen LogP contribution in [-0.4, -0.2) is 52.3 Å². The molecule has 190 valence electrons. The molecule has 2 aromatic heterocycles. The topological polar surface area (TPSA) is 105 Å². The number of carbonyl (C=O) groups is 1. The summed E-state index contributed by atoms with van der Waals surface area (Å²) in [7, 11) is -4.23. The Labute approximate surface area is 204 Å². The zero-order valence-electron chi connectivity index (χ0n) is 18.9.